The fourth-order valence-corrected chi connectivity index (χ4v) is 5.65. The second kappa shape index (κ2) is 22.2. The van der Waals surface area contributed by atoms with E-state index in [1.807, 2.05) is 6.92 Å². The number of nitro groups is 2. The first-order chi connectivity index (χ1) is 32.4. The van der Waals surface area contributed by atoms with Crippen molar-refractivity contribution >= 4 is 81.8 Å². The van der Waals surface area contributed by atoms with Gasteiger partial charge in [-0.3, -0.25) is 25.3 Å². The molecule has 4 heterocycles. The fraction of sp³-hybridized carbons (Fsp3) is 0.356. The molecule has 25 heteroatoms. The van der Waals surface area contributed by atoms with Crippen molar-refractivity contribution in [1.29, 1.82) is 0 Å². The summed E-state index contributed by atoms with van der Waals surface area (Å²) >= 11 is 5.87. The van der Waals surface area contributed by atoms with Gasteiger partial charge in [-0.25, -0.2) is 34.2 Å². The predicted molar refractivity (Wildman–Crippen MR) is 261 cm³/mol. The summed E-state index contributed by atoms with van der Waals surface area (Å²) in [6.07, 6.45) is 0.820. The number of H-pyrrole nitrogens is 1. The number of non-ortho nitro benzene ring substituents is 2. The Morgan fingerprint density at radius 3 is 1.70 bits per heavy atom. The zero-order valence-corrected chi connectivity index (χ0v) is 41.6. The fourth-order valence-electron chi connectivity index (χ4n) is 5.50. The molecule has 372 valence electrons. The van der Waals surface area contributed by atoms with Crippen LogP contribution in [0.1, 0.15) is 84.8 Å². The molecule has 0 aliphatic rings. The number of nitro benzene ring substituents is 2. The molecule has 0 radical (unpaired) electrons. The van der Waals surface area contributed by atoms with Crippen LogP contribution in [0.15, 0.2) is 73.1 Å². The lowest BCUT2D eigenvalue weighted by Crippen LogP contribution is -2.35. The van der Waals surface area contributed by atoms with Crippen LogP contribution in [0.3, 0.4) is 0 Å². The summed E-state index contributed by atoms with van der Waals surface area (Å²) in [6.45, 7) is 22.8. The summed E-state index contributed by atoms with van der Waals surface area (Å²) < 4.78 is 17.4. The van der Waals surface area contributed by atoms with Crippen LogP contribution < -0.4 is 20.9 Å². The Hall–Kier alpha value is -8.28. The topological polar surface area (TPSA) is 308 Å². The van der Waals surface area contributed by atoms with Crippen molar-refractivity contribution in [1.82, 2.24) is 39.9 Å². The third-order valence-electron chi connectivity index (χ3n) is 8.61. The maximum Gasteiger partial charge on any atom is 0.435 e. The van der Waals surface area contributed by atoms with Crippen molar-refractivity contribution in [3.63, 3.8) is 0 Å². The summed E-state index contributed by atoms with van der Waals surface area (Å²) in [4.78, 5) is 77.3. The summed E-state index contributed by atoms with van der Waals surface area (Å²) in [5.74, 6) is 0.974. The summed E-state index contributed by atoms with van der Waals surface area (Å²) in [7, 11) is 0. The number of aryl methyl sites for hydroxylation is 4. The van der Waals surface area contributed by atoms with E-state index in [-0.39, 0.29) is 40.1 Å². The molecule has 24 nitrogen and oxygen atoms in total. The van der Waals surface area contributed by atoms with E-state index < -0.39 is 44.9 Å². The van der Waals surface area contributed by atoms with Gasteiger partial charge < -0.3 is 25.3 Å². The van der Waals surface area contributed by atoms with Crippen LogP contribution in [0, 0.1) is 47.9 Å². The average Bonchev–Trinajstić information content (AvgIpc) is 3.83. The lowest BCUT2D eigenvalue weighted by Gasteiger charge is -2.25. The van der Waals surface area contributed by atoms with Crippen LogP contribution in [0.5, 0.6) is 0 Å². The minimum Gasteiger partial charge on any atom is -0.443 e. The Balaban J connectivity index is 0.000000252. The molecule has 0 bridgehead atoms. The van der Waals surface area contributed by atoms with E-state index in [9.17, 15) is 34.6 Å². The molecule has 0 saturated carbocycles. The van der Waals surface area contributed by atoms with Gasteiger partial charge in [-0.15, -0.1) is 5.10 Å². The number of hydrogen-bond acceptors (Lipinski definition) is 18. The number of hydrogen-bond donors (Lipinski definition) is 3. The Bertz CT molecular complexity index is 2870. The van der Waals surface area contributed by atoms with Gasteiger partial charge in [0.2, 0.25) is 11.2 Å². The number of halogens is 1. The summed E-state index contributed by atoms with van der Waals surface area (Å²) in [6, 6.07) is 15.1. The van der Waals surface area contributed by atoms with Crippen molar-refractivity contribution in [3.05, 3.63) is 121 Å². The molecule has 2 amide bonds. The van der Waals surface area contributed by atoms with Crippen molar-refractivity contribution < 1.29 is 38.4 Å². The first-order valence-corrected chi connectivity index (χ1v) is 21.5. The highest BCUT2D eigenvalue weighted by Gasteiger charge is 2.31. The molecule has 0 atom stereocenters. The Kier molecular flexibility index (Phi) is 17.2. The molecular formula is C45H55ClN14O10. The number of amides is 2. The number of carbonyl (C=O) groups excluding carboxylic acids is 3. The van der Waals surface area contributed by atoms with E-state index in [1.54, 1.807) is 113 Å². The van der Waals surface area contributed by atoms with Crippen LogP contribution in [0.2, 0.25) is 5.28 Å². The quantitative estimate of drug-likeness (QED) is 0.0419. The SMILES string of the molecule is Cc1cc(N(C(=O)OC(C)(C)C)c2ccnc(Cl)n2)nn1C(=O)OC(C)(C)C.Cc1cc(N(C(=O)OC(C)(C)C)c2ccnc(Nc3cc([N+](=O)[O-])ccc3C)n2)n[nH]1.Cc1ccc([N+](=O)[O-])cc1N. The largest absolute Gasteiger partial charge is 0.443 e. The number of benzene rings is 2. The first-order valence-electron chi connectivity index (χ1n) is 21.1. The van der Waals surface area contributed by atoms with E-state index in [2.05, 4.69) is 40.5 Å². The zero-order valence-electron chi connectivity index (χ0n) is 40.9. The third kappa shape index (κ3) is 15.9. The highest BCUT2D eigenvalue weighted by molar-refractivity contribution is 6.28. The second-order valence-corrected chi connectivity index (χ2v) is 18.5. The van der Waals surface area contributed by atoms with Gasteiger partial charge in [-0.05, 0) is 113 Å². The van der Waals surface area contributed by atoms with E-state index in [0.717, 1.165) is 26.4 Å². The molecule has 2 aromatic carbocycles. The Labute approximate surface area is 407 Å². The zero-order chi connectivity index (χ0) is 52.5. The maximum atomic E-state index is 12.9. The Morgan fingerprint density at radius 2 is 1.20 bits per heavy atom. The molecule has 0 spiro atoms. The van der Waals surface area contributed by atoms with Crippen molar-refractivity contribution in [3.8, 4) is 0 Å². The number of aromatic nitrogens is 8. The smallest absolute Gasteiger partial charge is 0.435 e. The van der Waals surface area contributed by atoms with Crippen LogP contribution in [0.4, 0.5) is 66.4 Å². The number of anilines is 7. The van der Waals surface area contributed by atoms with Gasteiger partial charge in [0.15, 0.2) is 11.6 Å². The highest BCUT2D eigenvalue weighted by Crippen LogP contribution is 2.30. The second-order valence-electron chi connectivity index (χ2n) is 18.2. The van der Waals surface area contributed by atoms with Gasteiger partial charge in [-0.2, -0.15) is 19.7 Å². The Morgan fingerprint density at radius 1 is 0.686 bits per heavy atom. The molecule has 4 N–H and O–H groups in total. The molecule has 0 saturated heterocycles. The number of aromatic amines is 1. The van der Waals surface area contributed by atoms with E-state index >= 15 is 0 Å². The monoisotopic (exact) mass is 986 g/mol. The van der Waals surface area contributed by atoms with Crippen LogP contribution in [0.25, 0.3) is 0 Å². The number of nitrogens with two attached hydrogens (primary N) is 1. The van der Waals surface area contributed by atoms with Gasteiger partial charge in [0, 0.05) is 72.3 Å². The van der Waals surface area contributed by atoms with Crippen LogP contribution in [-0.4, -0.2) is 84.8 Å². The normalized spacial score (nSPS) is 11.2. The van der Waals surface area contributed by atoms with Gasteiger partial charge in [0.25, 0.3) is 11.4 Å². The molecule has 70 heavy (non-hydrogen) atoms. The number of carbonyl (C=O) groups is 3. The number of rotatable bonds is 8. The average molecular weight is 987 g/mol. The molecule has 0 fully saturated rings. The highest BCUT2D eigenvalue weighted by atomic mass is 35.5. The molecule has 6 rings (SSSR count). The van der Waals surface area contributed by atoms with Gasteiger partial charge in [-0.1, -0.05) is 12.1 Å². The molecule has 0 aliphatic heterocycles. The van der Waals surface area contributed by atoms with E-state index in [0.29, 0.717) is 22.9 Å². The van der Waals surface area contributed by atoms with Gasteiger partial charge in [0.1, 0.15) is 28.4 Å². The van der Waals surface area contributed by atoms with E-state index in [4.69, 9.17) is 31.5 Å². The number of nitrogens with one attached hydrogen (secondary N) is 2. The van der Waals surface area contributed by atoms with Gasteiger partial charge in [0.05, 0.1) is 21.2 Å². The molecule has 6 aromatic rings. The lowest BCUT2D eigenvalue weighted by atomic mass is 10.2. The van der Waals surface area contributed by atoms with Crippen molar-refractivity contribution in [2.24, 2.45) is 0 Å². The predicted octanol–water partition coefficient (Wildman–Crippen LogP) is 10.5. The van der Waals surface area contributed by atoms with Crippen LogP contribution in [-0.2, 0) is 14.2 Å². The van der Waals surface area contributed by atoms with E-state index in [1.165, 1.54) is 47.6 Å². The minimum absolute atomic E-state index is 0.0353. The minimum atomic E-state index is -0.755. The lowest BCUT2D eigenvalue weighted by molar-refractivity contribution is -0.385. The standard InChI is InChI=1S/C20H23N7O4.C18H24ClN5O4.C7H8N2O2/c1-12-6-7-14(27(29)30)11-15(12)22-18-21-9-8-16(23-18)26(17-10-13(2)24-25-17)19(28)31-20(3,4)5;1-11-10-13(22-24(11)16(26)28-18(5,6)7)23(15(25)27-17(2,3)4)12-8-9-20-14(19)21-12;1-5-2-3-6(9(10)11)4-7(5)8/h6-11H,1-5H3,(H,24,25)(H,21,22,23);8-10H,1-7H3;2-4H,8H2,1H3. The third-order valence-corrected chi connectivity index (χ3v) is 8.79. The first kappa shape index (κ1) is 54.3. The summed E-state index contributed by atoms with van der Waals surface area (Å²) in [5, 5.41) is 35.4. The van der Waals surface area contributed by atoms with Crippen LogP contribution >= 0.6 is 11.6 Å². The number of nitrogens with zero attached hydrogens (tertiary/aromatic N) is 11. The van der Waals surface area contributed by atoms with Crippen molar-refractivity contribution in [2.75, 3.05) is 20.9 Å². The number of ether oxygens (including phenoxy) is 3. The number of nitrogen functional groups attached to an aromatic ring is 1. The van der Waals surface area contributed by atoms with Gasteiger partial charge >= 0.3 is 18.3 Å². The molecule has 0 aliphatic carbocycles. The molecule has 0 unspecified atom stereocenters. The van der Waals surface area contributed by atoms with Crippen molar-refractivity contribution in [2.45, 2.75) is 107 Å². The summed E-state index contributed by atoms with van der Waals surface area (Å²) in [5.41, 5.74) is 7.04. The molecule has 4 aromatic heterocycles. The molecular weight excluding hydrogens is 932 g/mol. The maximum absolute atomic E-state index is 12.9.